The van der Waals surface area contributed by atoms with Crippen molar-refractivity contribution >= 4 is 11.8 Å². The summed E-state index contributed by atoms with van der Waals surface area (Å²) in [5.41, 5.74) is 1.57. The van der Waals surface area contributed by atoms with Gasteiger partial charge in [0.25, 0.3) is 0 Å². The summed E-state index contributed by atoms with van der Waals surface area (Å²) in [7, 11) is 0. The molecule has 0 saturated carbocycles. The lowest BCUT2D eigenvalue weighted by Crippen LogP contribution is -2.37. The Morgan fingerprint density at radius 2 is 2.06 bits per heavy atom. The first-order valence-electron chi connectivity index (χ1n) is 5.87. The van der Waals surface area contributed by atoms with Gasteiger partial charge in [0, 0.05) is 12.8 Å². The van der Waals surface area contributed by atoms with Crippen molar-refractivity contribution in [2.45, 2.75) is 38.0 Å². The Hall–Kier alpha value is -1.64. The Morgan fingerprint density at radius 3 is 2.76 bits per heavy atom. The Bertz CT molecular complexity index is 464. The Kier molecular flexibility index (Phi) is 3.01. The topological polar surface area (TPSA) is 54.4 Å². The second kappa shape index (κ2) is 4.32. The number of aliphatic carboxylic acids is 1. The number of fused-ring (bicyclic) bond motifs is 1. The standard InChI is InChI=1S/C14H16O3/c1-14(9-8-13(16)17)11-5-3-2-4-10(11)6-7-12(14)15/h2-5H,6-9H2,1H3,(H,16,17). The van der Waals surface area contributed by atoms with Gasteiger partial charge in [-0.3, -0.25) is 9.59 Å². The monoisotopic (exact) mass is 232 g/mol. The average Bonchev–Trinajstić information content (AvgIpc) is 2.32. The molecule has 1 aliphatic rings. The predicted octanol–water partition coefficient (Wildman–Crippen LogP) is 2.32. The quantitative estimate of drug-likeness (QED) is 0.870. The Balaban J connectivity index is 2.37. The number of rotatable bonds is 3. The largest absolute Gasteiger partial charge is 0.481 e. The molecule has 0 aromatic heterocycles. The lowest BCUT2D eigenvalue weighted by molar-refractivity contribution is -0.137. The highest BCUT2D eigenvalue weighted by atomic mass is 16.4. The number of ketones is 1. The summed E-state index contributed by atoms with van der Waals surface area (Å²) in [5, 5.41) is 8.78. The Morgan fingerprint density at radius 1 is 1.35 bits per heavy atom. The van der Waals surface area contributed by atoms with Gasteiger partial charge in [0.15, 0.2) is 0 Å². The number of hydrogen-bond acceptors (Lipinski definition) is 2. The molecule has 0 radical (unpaired) electrons. The van der Waals surface area contributed by atoms with E-state index in [1.165, 1.54) is 5.56 Å². The van der Waals surface area contributed by atoms with Crippen LogP contribution in [0.15, 0.2) is 24.3 Å². The van der Waals surface area contributed by atoms with Gasteiger partial charge in [-0.15, -0.1) is 0 Å². The summed E-state index contributed by atoms with van der Waals surface area (Å²) < 4.78 is 0. The van der Waals surface area contributed by atoms with Crippen molar-refractivity contribution in [3.8, 4) is 0 Å². The fraction of sp³-hybridized carbons (Fsp3) is 0.429. The number of Topliss-reactive ketones (excluding diaryl/α,β-unsaturated/α-hetero) is 1. The smallest absolute Gasteiger partial charge is 0.303 e. The minimum atomic E-state index is -0.845. The van der Waals surface area contributed by atoms with E-state index in [2.05, 4.69) is 0 Å². The summed E-state index contributed by atoms with van der Waals surface area (Å²) >= 11 is 0. The van der Waals surface area contributed by atoms with Crippen LogP contribution in [-0.4, -0.2) is 16.9 Å². The fourth-order valence-corrected chi connectivity index (χ4v) is 2.58. The van der Waals surface area contributed by atoms with E-state index in [4.69, 9.17) is 5.11 Å². The SMILES string of the molecule is CC1(CCC(=O)O)C(=O)CCc2ccccc21. The molecule has 0 amide bonds. The number of aryl methyl sites for hydroxylation is 1. The van der Waals surface area contributed by atoms with Crippen molar-refractivity contribution in [3.05, 3.63) is 35.4 Å². The first kappa shape index (κ1) is 11.8. The zero-order chi connectivity index (χ0) is 12.5. The third-order valence-corrected chi connectivity index (χ3v) is 3.69. The molecule has 1 aromatic rings. The molecule has 0 bridgehead atoms. The molecular weight excluding hydrogens is 216 g/mol. The minimum Gasteiger partial charge on any atom is -0.481 e. The molecule has 90 valence electrons. The van der Waals surface area contributed by atoms with Crippen LogP contribution in [0, 0.1) is 0 Å². The molecule has 1 unspecified atom stereocenters. The number of benzene rings is 1. The van der Waals surface area contributed by atoms with E-state index in [0.29, 0.717) is 12.8 Å². The highest BCUT2D eigenvalue weighted by Crippen LogP contribution is 2.37. The van der Waals surface area contributed by atoms with Crippen LogP contribution >= 0.6 is 0 Å². The maximum Gasteiger partial charge on any atom is 0.303 e. The molecule has 3 nitrogen and oxygen atoms in total. The maximum atomic E-state index is 12.1. The van der Waals surface area contributed by atoms with Crippen molar-refractivity contribution in [2.75, 3.05) is 0 Å². The first-order valence-corrected chi connectivity index (χ1v) is 5.87. The van der Waals surface area contributed by atoms with Crippen molar-refractivity contribution in [1.82, 2.24) is 0 Å². The molecule has 0 fully saturated rings. The number of carbonyl (C=O) groups excluding carboxylic acids is 1. The Labute approximate surface area is 100 Å². The molecule has 0 spiro atoms. The van der Waals surface area contributed by atoms with Crippen molar-refractivity contribution in [3.63, 3.8) is 0 Å². The second-order valence-electron chi connectivity index (χ2n) is 4.81. The molecule has 1 aromatic carbocycles. The van der Waals surface area contributed by atoms with E-state index in [1.54, 1.807) is 0 Å². The zero-order valence-corrected chi connectivity index (χ0v) is 9.90. The van der Waals surface area contributed by atoms with Crippen LogP contribution in [0.2, 0.25) is 0 Å². The van der Waals surface area contributed by atoms with E-state index >= 15 is 0 Å². The number of carboxylic acids is 1. The van der Waals surface area contributed by atoms with Crippen LogP contribution < -0.4 is 0 Å². The van der Waals surface area contributed by atoms with E-state index in [0.717, 1.165) is 12.0 Å². The highest BCUT2D eigenvalue weighted by molar-refractivity contribution is 5.92. The average molecular weight is 232 g/mol. The van der Waals surface area contributed by atoms with Gasteiger partial charge < -0.3 is 5.11 Å². The van der Waals surface area contributed by atoms with Crippen molar-refractivity contribution in [2.24, 2.45) is 0 Å². The van der Waals surface area contributed by atoms with E-state index in [9.17, 15) is 9.59 Å². The van der Waals surface area contributed by atoms with E-state index < -0.39 is 11.4 Å². The van der Waals surface area contributed by atoms with Gasteiger partial charge in [-0.2, -0.15) is 0 Å². The van der Waals surface area contributed by atoms with Crippen LogP contribution in [0.5, 0.6) is 0 Å². The molecule has 1 atom stereocenters. The molecule has 0 heterocycles. The third-order valence-electron chi connectivity index (χ3n) is 3.69. The van der Waals surface area contributed by atoms with Crippen molar-refractivity contribution in [1.29, 1.82) is 0 Å². The van der Waals surface area contributed by atoms with Gasteiger partial charge in [0.05, 0.1) is 5.41 Å². The van der Waals surface area contributed by atoms with Gasteiger partial charge in [-0.1, -0.05) is 24.3 Å². The summed E-state index contributed by atoms with van der Waals surface area (Å²) in [5.74, 6) is -0.681. The highest BCUT2D eigenvalue weighted by Gasteiger charge is 2.39. The van der Waals surface area contributed by atoms with Crippen LogP contribution in [0.4, 0.5) is 0 Å². The van der Waals surface area contributed by atoms with Gasteiger partial charge in [0.2, 0.25) is 0 Å². The maximum absolute atomic E-state index is 12.1. The predicted molar refractivity (Wildman–Crippen MR) is 64.0 cm³/mol. The van der Waals surface area contributed by atoms with Crippen LogP contribution in [0.1, 0.15) is 37.3 Å². The number of carboxylic acid groups (broad SMARTS) is 1. The summed E-state index contributed by atoms with van der Waals surface area (Å²) in [6.07, 6.45) is 1.72. The second-order valence-corrected chi connectivity index (χ2v) is 4.81. The lowest BCUT2D eigenvalue weighted by atomic mass is 9.68. The summed E-state index contributed by atoms with van der Waals surface area (Å²) in [4.78, 5) is 22.8. The van der Waals surface area contributed by atoms with Crippen LogP contribution in [0.3, 0.4) is 0 Å². The summed E-state index contributed by atoms with van der Waals surface area (Å²) in [6.45, 7) is 1.87. The van der Waals surface area contributed by atoms with Gasteiger partial charge >= 0.3 is 5.97 Å². The zero-order valence-electron chi connectivity index (χ0n) is 9.90. The fourth-order valence-electron chi connectivity index (χ4n) is 2.58. The third kappa shape index (κ3) is 2.09. The number of hydrogen-bond donors (Lipinski definition) is 1. The molecule has 0 saturated heterocycles. The molecule has 1 aliphatic carbocycles. The van der Waals surface area contributed by atoms with Gasteiger partial charge in [-0.25, -0.2) is 0 Å². The van der Waals surface area contributed by atoms with E-state index in [1.807, 2.05) is 31.2 Å². The minimum absolute atomic E-state index is 0.0383. The molecule has 0 aliphatic heterocycles. The summed E-state index contributed by atoms with van der Waals surface area (Å²) in [6, 6.07) is 7.86. The molecular formula is C14H16O3. The lowest BCUT2D eigenvalue weighted by Gasteiger charge is -2.34. The normalized spacial score (nSPS) is 23.2. The van der Waals surface area contributed by atoms with Gasteiger partial charge in [-0.05, 0) is 30.9 Å². The molecule has 1 N–H and O–H groups in total. The van der Waals surface area contributed by atoms with E-state index in [-0.39, 0.29) is 12.2 Å². The molecule has 17 heavy (non-hydrogen) atoms. The number of carbonyl (C=O) groups is 2. The first-order chi connectivity index (χ1) is 8.04. The van der Waals surface area contributed by atoms with Crippen LogP contribution in [-0.2, 0) is 21.4 Å². The van der Waals surface area contributed by atoms with Crippen LogP contribution in [0.25, 0.3) is 0 Å². The molecule has 2 rings (SSSR count). The van der Waals surface area contributed by atoms with Crippen molar-refractivity contribution < 1.29 is 14.7 Å². The van der Waals surface area contributed by atoms with Gasteiger partial charge in [0.1, 0.15) is 5.78 Å². The molecule has 3 heteroatoms.